The van der Waals surface area contributed by atoms with E-state index in [4.69, 9.17) is 0 Å². The molecule has 0 saturated heterocycles. The van der Waals surface area contributed by atoms with Crippen LogP contribution in [-0.2, 0) is 0 Å². The van der Waals surface area contributed by atoms with Crippen molar-refractivity contribution in [2.75, 3.05) is 11.9 Å². The van der Waals surface area contributed by atoms with Crippen LogP contribution in [-0.4, -0.2) is 38.7 Å². The van der Waals surface area contributed by atoms with E-state index in [2.05, 4.69) is 51.1 Å². The van der Waals surface area contributed by atoms with Crippen molar-refractivity contribution in [1.29, 1.82) is 0 Å². The van der Waals surface area contributed by atoms with Gasteiger partial charge in [-0.1, -0.05) is 13.8 Å². The number of nitrogens with zero attached hydrogens (tertiary/aromatic N) is 4. The Kier molecular flexibility index (Phi) is 4.93. The highest BCUT2D eigenvalue weighted by Crippen LogP contribution is 2.58. The van der Waals surface area contributed by atoms with Gasteiger partial charge in [-0.15, -0.1) is 10.2 Å². The van der Waals surface area contributed by atoms with Crippen LogP contribution in [0.3, 0.4) is 0 Å². The summed E-state index contributed by atoms with van der Waals surface area (Å²) in [5.74, 6) is 0.418. The molecule has 1 aromatic carbocycles. The lowest BCUT2D eigenvalue weighted by molar-refractivity contribution is -0.137. The quantitative estimate of drug-likeness (QED) is 0.415. The molecule has 1 unspecified atom stereocenters. The SMILES string of the molecule is CN(c1ccc(-c2cc(F)c(-c3cn[nH]c3)cc2OO)nn1)[C@H]1CC2(C)CC[C@](C)(C1)C2. The van der Waals surface area contributed by atoms with E-state index < -0.39 is 5.82 Å². The molecule has 5 rings (SSSR count). The summed E-state index contributed by atoms with van der Waals surface area (Å²) < 4.78 is 14.8. The van der Waals surface area contributed by atoms with Crippen molar-refractivity contribution in [3.63, 3.8) is 0 Å². The average molecular weight is 438 g/mol. The summed E-state index contributed by atoms with van der Waals surface area (Å²) in [6.45, 7) is 4.82. The fourth-order valence-electron chi connectivity index (χ4n) is 5.94. The minimum absolute atomic E-state index is 0.0997. The third kappa shape index (κ3) is 3.62. The molecular formula is C24H28FN5O2. The number of H-pyrrole nitrogens is 1. The maximum absolute atomic E-state index is 14.8. The molecule has 2 aliphatic carbocycles. The molecule has 8 heteroatoms. The van der Waals surface area contributed by atoms with Gasteiger partial charge in [0.2, 0.25) is 0 Å². The number of aromatic nitrogens is 4. The maximum atomic E-state index is 14.8. The molecule has 32 heavy (non-hydrogen) atoms. The highest BCUT2D eigenvalue weighted by Gasteiger charge is 2.50. The topological polar surface area (TPSA) is 87.2 Å². The molecule has 168 valence electrons. The number of fused-ring (bicyclic) bond motifs is 2. The van der Waals surface area contributed by atoms with Crippen molar-refractivity contribution in [2.24, 2.45) is 10.8 Å². The Bertz CT molecular complexity index is 1100. The zero-order chi connectivity index (χ0) is 22.5. The first kappa shape index (κ1) is 20.9. The van der Waals surface area contributed by atoms with Crippen LogP contribution in [0.5, 0.6) is 5.75 Å². The summed E-state index contributed by atoms with van der Waals surface area (Å²) >= 11 is 0. The Hall–Kier alpha value is -3.00. The van der Waals surface area contributed by atoms with Crippen LogP contribution in [0.1, 0.15) is 46.0 Å². The molecule has 7 nitrogen and oxygen atoms in total. The summed E-state index contributed by atoms with van der Waals surface area (Å²) in [5, 5.41) is 24.6. The van der Waals surface area contributed by atoms with Gasteiger partial charge in [0, 0.05) is 30.4 Å². The Morgan fingerprint density at radius 2 is 1.88 bits per heavy atom. The van der Waals surface area contributed by atoms with Gasteiger partial charge in [-0.2, -0.15) is 5.10 Å². The van der Waals surface area contributed by atoms with Crippen LogP contribution in [0.25, 0.3) is 22.4 Å². The summed E-state index contributed by atoms with van der Waals surface area (Å²) in [6.07, 6.45) is 9.28. The molecule has 0 aliphatic heterocycles. The van der Waals surface area contributed by atoms with Gasteiger partial charge in [0.25, 0.3) is 0 Å². The minimum atomic E-state index is -0.468. The second-order valence-electron chi connectivity index (χ2n) is 10.2. The maximum Gasteiger partial charge on any atom is 0.175 e. The third-order valence-electron chi connectivity index (χ3n) is 7.45. The Morgan fingerprint density at radius 3 is 2.47 bits per heavy atom. The lowest BCUT2D eigenvalue weighted by Gasteiger charge is -2.44. The molecule has 2 N–H and O–H groups in total. The van der Waals surface area contributed by atoms with Crippen molar-refractivity contribution in [2.45, 2.75) is 52.0 Å². The molecule has 0 amide bonds. The van der Waals surface area contributed by atoms with Crippen LogP contribution in [0.15, 0.2) is 36.7 Å². The fraction of sp³-hybridized carbons (Fsp3) is 0.458. The number of anilines is 1. The van der Waals surface area contributed by atoms with Crippen LogP contribution >= 0.6 is 0 Å². The molecule has 3 atom stereocenters. The highest BCUT2D eigenvalue weighted by atomic mass is 19.1. The Morgan fingerprint density at radius 1 is 1.12 bits per heavy atom. The first-order chi connectivity index (χ1) is 15.3. The van der Waals surface area contributed by atoms with E-state index in [1.807, 2.05) is 6.07 Å². The van der Waals surface area contributed by atoms with Crippen molar-refractivity contribution in [1.82, 2.24) is 20.4 Å². The number of aromatic amines is 1. The van der Waals surface area contributed by atoms with Gasteiger partial charge in [0.15, 0.2) is 11.6 Å². The predicted octanol–water partition coefficient (Wildman–Crippen LogP) is 5.32. The van der Waals surface area contributed by atoms with E-state index in [9.17, 15) is 9.65 Å². The normalized spacial score (nSPS) is 26.8. The van der Waals surface area contributed by atoms with Gasteiger partial charge in [-0.25, -0.2) is 9.65 Å². The number of halogens is 1. The molecular weight excluding hydrogens is 409 g/mol. The number of hydrogen-bond donors (Lipinski definition) is 2. The number of rotatable bonds is 5. The molecule has 2 saturated carbocycles. The van der Waals surface area contributed by atoms with Gasteiger partial charge in [-0.3, -0.25) is 5.10 Å². The summed E-state index contributed by atoms with van der Waals surface area (Å²) in [5.41, 5.74) is 2.38. The summed E-state index contributed by atoms with van der Waals surface area (Å²) in [4.78, 5) is 6.77. The number of benzene rings is 1. The molecule has 2 heterocycles. The van der Waals surface area contributed by atoms with E-state index in [0.29, 0.717) is 33.7 Å². The molecule has 2 aliphatic rings. The van der Waals surface area contributed by atoms with E-state index in [1.54, 1.807) is 12.3 Å². The minimum Gasteiger partial charge on any atom is -0.355 e. The Labute approximate surface area is 186 Å². The van der Waals surface area contributed by atoms with Crippen molar-refractivity contribution in [3.05, 3.63) is 42.5 Å². The second kappa shape index (κ2) is 7.55. The van der Waals surface area contributed by atoms with Crippen LogP contribution < -0.4 is 9.79 Å². The highest BCUT2D eigenvalue weighted by molar-refractivity contribution is 5.74. The van der Waals surface area contributed by atoms with Crippen molar-refractivity contribution >= 4 is 5.82 Å². The molecule has 3 aromatic rings. The number of hydrogen-bond acceptors (Lipinski definition) is 6. The lowest BCUT2D eigenvalue weighted by atomic mass is 9.68. The molecule has 2 fully saturated rings. The third-order valence-corrected chi connectivity index (χ3v) is 7.45. The second-order valence-corrected chi connectivity index (χ2v) is 10.2. The van der Waals surface area contributed by atoms with Crippen LogP contribution in [0.2, 0.25) is 0 Å². The van der Waals surface area contributed by atoms with E-state index >= 15 is 0 Å². The molecule has 2 aromatic heterocycles. The fourth-order valence-corrected chi connectivity index (χ4v) is 5.94. The molecule has 0 radical (unpaired) electrons. The largest absolute Gasteiger partial charge is 0.355 e. The van der Waals surface area contributed by atoms with Gasteiger partial charge < -0.3 is 9.79 Å². The van der Waals surface area contributed by atoms with Crippen LogP contribution in [0, 0.1) is 16.6 Å². The average Bonchev–Trinajstić information content (AvgIpc) is 3.38. The van der Waals surface area contributed by atoms with Gasteiger partial charge in [0.1, 0.15) is 5.82 Å². The summed E-state index contributed by atoms with van der Waals surface area (Å²) in [6, 6.07) is 6.82. The lowest BCUT2D eigenvalue weighted by Crippen LogP contribution is -2.42. The van der Waals surface area contributed by atoms with Crippen molar-refractivity contribution in [3.8, 4) is 28.1 Å². The zero-order valence-corrected chi connectivity index (χ0v) is 18.6. The monoisotopic (exact) mass is 437 g/mol. The predicted molar refractivity (Wildman–Crippen MR) is 120 cm³/mol. The molecule has 0 spiro atoms. The van der Waals surface area contributed by atoms with Crippen LogP contribution in [0.4, 0.5) is 10.2 Å². The van der Waals surface area contributed by atoms with Gasteiger partial charge in [-0.05, 0) is 67.2 Å². The smallest absolute Gasteiger partial charge is 0.175 e. The van der Waals surface area contributed by atoms with E-state index in [1.165, 1.54) is 37.6 Å². The van der Waals surface area contributed by atoms with E-state index in [0.717, 1.165) is 18.7 Å². The van der Waals surface area contributed by atoms with Crippen molar-refractivity contribution < 1.29 is 14.5 Å². The first-order valence-electron chi connectivity index (χ1n) is 11.0. The van der Waals surface area contributed by atoms with Gasteiger partial charge in [0.05, 0.1) is 17.5 Å². The van der Waals surface area contributed by atoms with Gasteiger partial charge >= 0.3 is 0 Å². The standard InChI is InChI=1S/C24H28FN5O2/c1-23-6-7-24(2,14-23)11-16(10-23)30(3)22-5-4-20(28-29-22)18-8-19(25)17(9-21(18)32-31)15-12-26-27-13-15/h4-5,8-9,12-13,16,31H,6-7,10-11,14H2,1-3H3,(H,26,27)/t16-,23-,24?/m1/s1. The zero-order valence-electron chi connectivity index (χ0n) is 18.6. The molecule has 2 bridgehead atoms. The Balaban J connectivity index is 1.41. The first-order valence-corrected chi connectivity index (χ1v) is 11.0. The summed E-state index contributed by atoms with van der Waals surface area (Å²) in [7, 11) is 2.08. The van der Waals surface area contributed by atoms with E-state index in [-0.39, 0.29) is 11.3 Å². The number of nitrogens with one attached hydrogen (secondary N) is 1.